The Morgan fingerprint density at radius 2 is 2.09 bits per heavy atom. The summed E-state index contributed by atoms with van der Waals surface area (Å²) < 4.78 is 14.2. The zero-order valence-electron chi connectivity index (χ0n) is 11.8. The first kappa shape index (κ1) is 14.8. The van der Waals surface area contributed by atoms with Crippen molar-refractivity contribution in [1.82, 2.24) is 20.2 Å². The zero-order chi connectivity index (χ0) is 15.5. The molecule has 1 saturated carbocycles. The first-order valence-corrected chi connectivity index (χ1v) is 7.96. The van der Waals surface area contributed by atoms with E-state index >= 15 is 0 Å². The molecule has 3 rings (SSSR count). The topological polar surface area (TPSA) is 85.8 Å². The zero-order valence-corrected chi connectivity index (χ0v) is 12.6. The molecule has 1 aliphatic rings. The largest absolute Gasteiger partial charge is 0.351 e. The molecule has 0 atom stereocenters. The van der Waals surface area contributed by atoms with Crippen LogP contribution in [0.1, 0.15) is 30.1 Å². The average Bonchev–Trinajstić information content (AvgIpc) is 3.29. The number of halogens is 1. The van der Waals surface area contributed by atoms with Crippen LogP contribution < -0.4 is 11.2 Å². The first-order chi connectivity index (χ1) is 10.6. The maximum absolute atomic E-state index is 12.8. The van der Waals surface area contributed by atoms with Crippen LogP contribution in [0.4, 0.5) is 4.39 Å². The quantitative estimate of drug-likeness (QED) is 0.621. The number of carbonyl (C=O) groups is 1. The van der Waals surface area contributed by atoms with Crippen LogP contribution in [0.5, 0.6) is 0 Å². The molecule has 2 aromatic rings. The molecule has 0 aliphatic heterocycles. The summed E-state index contributed by atoms with van der Waals surface area (Å²) >= 11 is 1.25. The molecule has 0 unspecified atom stereocenters. The fraction of sp³-hybridized carbons (Fsp3) is 0.357. The lowest BCUT2D eigenvalue weighted by atomic mass is 10.2. The van der Waals surface area contributed by atoms with Gasteiger partial charge in [0.15, 0.2) is 5.82 Å². The molecule has 0 spiro atoms. The molecule has 116 valence electrons. The van der Waals surface area contributed by atoms with Crippen molar-refractivity contribution in [2.45, 2.75) is 30.5 Å². The van der Waals surface area contributed by atoms with Gasteiger partial charge in [-0.25, -0.2) is 9.07 Å². The number of nitrogens with zero attached hydrogens (tertiary/aromatic N) is 3. The molecule has 0 radical (unpaired) electrons. The van der Waals surface area contributed by atoms with Crippen molar-refractivity contribution in [3.05, 3.63) is 41.5 Å². The molecule has 1 amide bonds. The summed E-state index contributed by atoms with van der Waals surface area (Å²) in [5, 5.41) is 11.4. The average molecular weight is 321 g/mol. The second kappa shape index (κ2) is 6.35. The van der Waals surface area contributed by atoms with Crippen LogP contribution >= 0.6 is 11.8 Å². The second-order valence-electron chi connectivity index (χ2n) is 5.18. The van der Waals surface area contributed by atoms with Crippen molar-refractivity contribution in [2.75, 3.05) is 11.6 Å². The third-order valence-electron chi connectivity index (χ3n) is 3.37. The minimum absolute atomic E-state index is 0.134. The van der Waals surface area contributed by atoms with E-state index in [0.717, 1.165) is 24.2 Å². The highest BCUT2D eigenvalue weighted by atomic mass is 32.2. The van der Waals surface area contributed by atoms with Gasteiger partial charge in [0.05, 0.1) is 5.75 Å². The molecular weight excluding hydrogens is 305 g/mol. The third-order valence-corrected chi connectivity index (χ3v) is 4.31. The van der Waals surface area contributed by atoms with Crippen LogP contribution in [-0.2, 0) is 11.3 Å². The summed E-state index contributed by atoms with van der Waals surface area (Å²) in [4.78, 5) is 11.8. The van der Waals surface area contributed by atoms with Crippen molar-refractivity contribution in [1.29, 1.82) is 0 Å². The highest BCUT2D eigenvalue weighted by Gasteiger charge is 2.29. The number of nitrogen functional groups attached to an aromatic ring is 1. The number of rotatable bonds is 6. The van der Waals surface area contributed by atoms with E-state index in [1.54, 1.807) is 12.1 Å². The molecule has 0 bridgehead atoms. The van der Waals surface area contributed by atoms with Crippen LogP contribution in [0.15, 0.2) is 29.4 Å². The molecule has 6 nitrogen and oxygen atoms in total. The number of nitrogens with one attached hydrogen (secondary N) is 1. The van der Waals surface area contributed by atoms with E-state index < -0.39 is 0 Å². The van der Waals surface area contributed by atoms with Gasteiger partial charge in [0.1, 0.15) is 5.82 Å². The number of hydrogen-bond donors (Lipinski definition) is 2. The smallest absolute Gasteiger partial charge is 0.230 e. The van der Waals surface area contributed by atoms with Crippen LogP contribution in [-0.4, -0.2) is 26.5 Å². The first-order valence-electron chi connectivity index (χ1n) is 6.98. The summed E-state index contributed by atoms with van der Waals surface area (Å²) in [5.41, 5.74) is 0.845. The summed E-state index contributed by atoms with van der Waals surface area (Å²) in [6.45, 7) is 0.363. The van der Waals surface area contributed by atoms with E-state index in [9.17, 15) is 9.18 Å². The van der Waals surface area contributed by atoms with Crippen molar-refractivity contribution >= 4 is 17.7 Å². The van der Waals surface area contributed by atoms with Gasteiger partial charge in [-0.15, -0.1) is 10.2 Å². The van der Waals surface area contributed by atoms with Gasteiger partial charge in [-0.05, 0) is 30.5 Å². The van der Waals surface area contributed by atoms with Gasteiger partial charge in [0.2, 0.25) is 11.1 Å². The van der Waals surface area contributed by atoms with Crippen LogP contribution in [0.25, 0.3) is 0 Å². The Balaban J connectivity index is 1.47. The van der Waals surface area contributed by atoms with Crippen molar-refractivity contribution in [3.8, 4) is 0 Å². The Bertz CT molecular complexity index is 668. The highest BCUT2D eigenvalue weighted by molar-refractivity contribution is 7.99. The Morgan fingerprint density at radius 3 is 2.77 bits per heavy atom. The standard InChI is InChI=1S/C14H16FN5OS/c15-11-5-1-9(2-6-11)7-17-12(21)8-22-14-19-18-13(20(14)16)10-3-4-10/h1-2,5-6,10H,3-4,7-8,16H2,(H,17,21). The summed E-state index contributed by atoms with van der Waals surface area (Å²) in [6.07, 6.45) is 2.19. The van der Waals surface area contributed by atoms with E-state index in [1.165, 1.54) is 28.6 Å². The lowest BCUT2D eigenvalue weighted by Crippen LogP contribution is -2.25. The normalized spacial score (nSPS) is 14.0. The number of hydrogen-bond acceptors (Lipinski definition) is 5. The van der Waals surface area contributed by atoms with Gasteiger partial charge in [-0.2, -0.15) is 0 Å². The van der Waals surface area contributed by atoms with Gasteiger partial charge in [-0.3, -0.25) is 4.79 Å². The number of benzene rings is 1. The molecule has 3 N–H and O–H groups in total. The molecule has 1 aliphatic carbocycles. The highest BCUT2D eigenvalue weighted by Crippen LogP contribution is 2.39. The van der Waals surface area contributed by atoms with Gasteiger partial charge < -0.3 is 11.2 Å². The monoisotopic (exact) mass is 321 g/mol. The maximum atomic E-state index is 12.8. The summed E-state index contributed by atoms with van der Waals surface area (Å²) in [6, 6.07) is 6.02. The number of nitrogens with two attached hydrogens (primary N) is 1. The lowest BCUT2D eigenvalue weighted by Gasteiger charge is -2.05. The lowest BCUT2D eigenvalue weighted by molar-refractivity contribution is -0.118. The van der Waals surface area contributed by atoms with Crippen molar-refractivity contribution in [2.24, 2.45) is 0 Å². The maximum Gasteiger partial charge on any atom is 0.230 e. The number of thioether (sulfide) groups is 1. The van der Waals surface area contributed by atoms with Crippen LogP contribution in [0, 0.1) is 5.82 Å². The van der Waals surface area contributed by atoms with E-state index in [0.29, 0.717) is 17.6 Å². The molecule has 22 heavy (non-hydrogen) atoms. The Labute approximate surface area is 131 Å². The SMILES string of the molecule is Nn1c(SCC(=O)NCc2ccc(F)cc2)nnc1C1CC1. The van der Waals surface area contributed by atoms with Gasteiger partial charge in [0.25, 0.3) is 0 Å². The Hall–Kier alpha value is -2.09. The van der Waals surface area contributed by atoms with Gasteiger partial charge >= 0.3 is 0 Å². The Kier molecular flexibility index (Phi) is 4.28. The van der Waals surface area contributed by atoms with Crippen LogP contribution in [0.2, 0.25) is 0 Å². The predicted molar refractivity (Wildman–Crippen MR) is 81.1 cm³/mol. The molecule has 8 heteroatoms. The molecule has 1 aromatic carbocycles. The number of aromatic nitrogens is 3. The minimum atomic E-state index is -0.292. The summed E-state index contributed by atoms with van der Waals surface area (Å²) in [5.74, 6) is 6.90. The number of carbonyl (C=O) groups excluding carboxylic acids is 1. The fourth-order valence-corrected chi connectivity index (χ4v) is 2.68. The molecule has 1 heterocycles. The Morgan fingerprint density at radius 1 is 1.36 bits per heavy atom. The van der Waals surface area contributed by atoms with Crippen molar-refractivity contribution < 1.29 is 9.18 Å². The van der Waals surface area contributed by atoms with E-state index in [2.05, 4.69) is 15.5 Å². The predicted octanol–water partition coefficient (Wildman–Crippen LogP) is 1.42. The fourth-order valence-electron chi connectivity index (χ4n) is 1.99. The van der Waals surface area contributed by atoms with Gasteiger partial charge in [-0.1, -0.05) is 23.9 Å². The molecule has 0 saturated heterocycles. The molecule has 1 fully saturated rings. The molecule has 1 aromatic heterocycles. The van der Waals surface area contributed by atoms with Crippen LogP contribution in [0.3, 0.4) is 0 Å². The van der Waals surface area contributed by atoms with Gasteiger partial charge in [0, 0.05) is 12.5 Å². The summed E-state index contributed by atoms with van der Waals surface area (Å²) in [7, 11) is 0. The van der Waals surface area contributed by atoms with E-state index in [4.69, 9.17) is 5.84 Å². The van der Waals surface area contributed by atoms with Crippen molar-refractivity contribution in [3.63, 3.8) is 0 Å². The molecular formula is C14H16FN5OS. The number of amides is 1. The minimum Gasteiger partial charge on any atom is -0.351 e. The van der Waals surface area contributed by atoms with E-state index in [1.807, 2.05) is 0 Å². The second-order valence-corrected chi connectivity index (χ2v) is 6.12. The third kappa shape index (κ3) is 3.56. The van der Waals surface area contributed by atoms with E-state index in [-0.39, 0.29) is 17.5 Å².